The van der Waals surface area contributed by atoms with E-state index in [0.717, 1.165) is 21.6 Å². The van der Waals surface area contributed by atoms with E-state index in [2.05, 4.69) is 41.6 Å². The average Bonchev–Trinajstić information content (AvgIpc) is 2.73. The van der Waals surface area contributed by atoms with E-state index in [0.29, 0.717) is 5.95 Å². The summed E-state index contributed by atoms with van der Waals surface area (Å²) in [6, 6.07) is 14.1. The zero-order chi connectivity index (χ0) is 14.3. The van der Waals surface area contributed by atoms with Gasteiger partial charge in [0.05, 0.1) is 17.1 Å². The minimum Gasteiger partial charge on any atom is -0.369 e. The minimum atomic E-state index is 0.111. The van der Waals surface area contributed by atoms with Crippen LogP contribution in [0.5, 0.6) is 0 Å². The van der Waals surface area contributed by atoms with Crippen molar-refractivity contribution in [3.63, 3.8) is 0 Å². The van der Waals surface area contributed by atoms with Crippen molar-refractivity contribution in [3.05, 3.63) is 58.6 Å². The number of rotatable bonds is 2. The molecule has 1 aromatic heterocycles. The molecule has 0 saturated heterocycles. The SMILES string of the molecule is Cc1ccc2c(c1)nc(N)n2C(C)c1ccc(Cl)cc1. The van der Waals surface area contributed by atoms with Crippen LogP contribution in [-0.2, 0) is 0 Å². The second-order valence-corrected chi connectivity index (χ2v) is 5.50. The summed E-state index contributed by atoms with van der Waals surface area (Å²) in [6.07, 6.45) is 0. The van der Waals surface area contributed by atoms with E-state index in [1.165, 1.54) is 5.56 Å². The number of imidazole rings is 1. The van der Waals surface area contributed by atoms with Crippen LogP contribution < -0.4 is 5.73 Å². The van der Waals surface area contributed by atoms with Gasteiger partial charge in [-0.1, -0.05) is 29.8 Å². The normalized spacial score (nSPS) is 12.8. The van der Waals surface area contributed by atoms with Gasteiger partial charge in [-0.3, -0.25) is 0 Å². The lowest BCUT2D eigenvalue weighted by atomic mass is 10.1. The third-order valence-electron chi connectivity index (χ3n) is 3.61. The van der Waals surface area contributed by atoms with Crippen LogP contribution in [0.4, 0.5) is 5.95 Å². The van der Waals surface area contributed by atoms with Gasteiger partial charge in [0, 0.05) is 5.02 Å². The molecule has 0 bridgehead atoms. The van der Waals surface area contributed by atoms with Crippen molar-refractivity contribution in [1.82, 2.24) is 9.55 Å². The van der Waals surface area contributed by atoms with Gasteiger partial charge >= 0.3 is 0 Å². The fourth-order valence-electron chi connectivity index (χ4n) is 2.52. The summed E-state index contributed by atoms with van der Waals surface area (Å²) in [5, 5.41) is 0.736. The van der Waals surface area contributed by atoms with Gasteiger partial charge < -0.3 is 10.3 Å². The molecule has 20 heavy (non-hydrogen) atoms. The molecule has 0 aliphatic rings. The molecule has 4 heteroatoms. The molecule has 0 radical (unpaired) electrons. The summed E-state index contributed by atoms with van der Waals surface area (Å²) < 4.78 is 2.05. The molecule has 3 rings (SSSR count). The second kappa shape index (κ2) is 4.84. The molecular formula is C16H16ClN3. The first-order valence-corrected chi connectivity index (χ1v) is 6.93. The molecule has 1 heterocycles. The number of halogens is 1. The van der Waals surface area contributed by atoms with Crippen molar-refractivity contribution in [2.45, 2.75) is 19.9 Å². The third-order valence-corrected chi connectivity index (χ3v) is 3.86. The number of aryl methyl sites for hydroxylation is 1. The van der Waals surface area contributed by atoms with Crippen molar-refractivity contribution in [2.24, 2.45) is 0 Å². The first kappa shape index (κ1) is 13.0. The van der Waals surface area contributed by atoms with Gasteiger partial charge in [0.1, 0.15) is 0 Å². The monoisotopic (exact) mass is 285 g/mol. The van der Waals surface area contributed by atoms with Crippen LogP contribution in [-0.4, -0.2) is 9.55 Å². The number of anilines is 1. The van der Waals surface area contributed by atoms with E-state index in [1.807, 2.05) is 24.3 Å². The Labute approximate surface area is 123 Å². The van der Waals surface area contributed by atoms with Crippen LogP contribution in [0, 0.1) is 6.92 Å². The Morgan fingerprint density at radius 2 is 1.85 bits per heavy atom. The maximum absolute atomic E-state index is 6.10. The standard InChI is InChI=1S/C16H16ClN3/c1-10-3-8-15-14(9-10)19-16(18)20(15)11(2)12-4-6-13(17)7-5-12/h3-9,11H,1-2H3,(H2,18,19). The van der Waals surface area contributed by atoms with Crippen molar-refractivity contribution in [2.75, 3.05) is 5.73 Å². The highest BCUT2D eigenvalue weighted by Gasteiger charge is 2.15. The maximum atomic E-state index is 6.10. The van der Waals surface area contributed by atoms with Crippen molar-refractivity contribution < 1.29 is 0 Å². The van der Waals surface area contributed by atoms with Crippen LogP contribution in [0.2, 0.25) is 5.02 Å². The zero-order valence-corrected chi connectivity index (χ0v) is 12.2. The predicted octanol–water partition coefficient (Wildman–Crippen LogP) is 4.19. The number of hydrogen-bond donors (Lipinski definition) is 1. The topological polar surface area (TPSA) is 43.8 Å². The lowest BCUT2D eigenvalue weighted by molar-refractivity contribution is 0.668. The Balaban J connectivity index is 2.13. The number of aromatic nitrogens is 2. The molecule has 0 saturated carbocycles. The third kappa shape index (κ3) is 2.14. The predicted molar refractivity (Wildman–Crippen MR) is 84.1 cm³/mol. The first-order valence-electron chi connectivity index (χ1n) is 6.56. The van der Waals surface area contributed by atoms with E-state index in [4.69, 9.17) is 17.3 Å². The maximum Gasteiger partial charge on any atom is 0.201 e. The lowest BCUT2D eigenvalue weighted by Crippen LogP contribution is -2.10. The molecule has 0 aliphatic carbocycles. The molecular weight excluding hydrogens is 270 g/mol. The Kier molecular flexibility index (Phi) is 3.14. The van der Waals surface area contributed by atoms with Gasteiger partial charge in [0.25, 0.3) is 0 Å². The first-order chi connectivity index (χ1) is 9.56. The number of nitrogens with zero attached hydrogens (tertiary/aromatic N) is 2. The van der Waals surface area contributed by atoms with Crippen molar-refractivity contribution in [3.8, 4) is 0 Å². The van der Waals surface area contributed by atoms with E-state index in [-0.39, 0.29) is 6.04 Å². The molecule has 0 spiro atoms. The number of benzene rings is 2. The van der Waals surface area contributed by atoms with E-state index < -0.39 is 0 Å². The smallest absolute Gasteiger partial charge is 0.201 e. The van der Waals surface area contributed by atoms with Gasteiger partial charge in [-0.15, -0.1) is 0 Å². The van der Waals surface area contributed by atoms with Crippen molar-refractivity contribution in [1.29, 1.82) is 0 Å². The van der Waals surface area contributed by atoms with Gasteiger partial charge in [-0.25, -0.2) is 4.98 Å². The van der Waals surface area contributed by atoms with Crippen LogP contribution in [0.25, 0.3) is 11.0 Å². The molecule has 2 N–H and O–H groups in total. The van der Waals surface area contributed by atoms with Crippen molar-refractivity contribution >= 4 is 28.6 Å². The summed E-state index contributed by atoms with van der Waals surface area (Å²) in [5.74, 6) is 0.535. The van der Waals surface area contributed by atoms with E-state index in [1.54, 1.807) is 0 Å². The quantitative estimate of drug-likeness (QED) is 0.767. The van der Waals surface area contributed by atoms with E-state index >= 15 is 0 Å². The highest BCUT2D eigenvalue weighted by Crippen LogP contribution is 2.28. The second-order valence-electron chi connectivity index (χ2n) is 5.06. The van der Waals surface area contributed by atoms with E-state index in [9.17, 15) is 0 Å². The summed E-state index contributed by atoms with van der Waals surface area (Å²) in [6.45, 7) is 4.16. The average molecular weight is 286 g/mol. The summed E-state index contributed by atoms with van der Waals surface area (Å²) in [4.78, 5) is 4.45. The Bertz CT molecular complexity index is 759. The van der Waals surface area contributed by atoms with Crippen LogP contribution >= 0.6 is 11.6 Å². The number of nitrogens with two attached hydrogens (primary N) is 1. The molecule has 2 aromatic carbocycles. The molecule has 1 unspecified atom stereocenters. The molecule has 3 nitrogen and oxygen atoms in total. The molecule has 3 aromatic rings. The van der Waals surface area contributed by atoms with Crippen LogP contribution in [0.1, 0.15) is 24.1 Å². The summed E-state index contributed by atoms with van der Waals surface area (Å²) in [7, 11) is 0. The van der Waals surface area contributed by atoms with Crippen LogP contribution in [0.15, 0.2) is 42.5 Å². The zero-order valence-electron chi connectivity index (χ0n) is 11.5. The molecule has 1 atom stereocenters. The van der Waals surface area contributed by atoms with Gasteiger partial charge in [-0.2, -0.15) is 0 Å². The van der Waals surface area contributed by atoms with Gasteiger partial charge in [-0.05, 0) is 49.2 Å². The fourth-order valence-corrected chi connectivity index (χ4v) is 2.65. The minimum absolute atomic E-state index is 0.111. The highest BCUT2D eigenvalue weighted by molar-refractivity contribution is 6.30. The summed E-state index contributed by atoms with van der Waals surface area (Å²) >= 11 is 5.94. The highest BCUT2D eigenvalue weighted by atomic mass is 35.5. The molecule has 102 valence electrons. The number of hydrogen-bond acceptors (Lipinski definition) is 2. The Hall–Kier alpha value is -2.00. The Morgan fingerprint density at radius 1 is 1.15 bits per heavy atom. The number of nitrogen functional groups attached to an aromatic ring is 1. The van der Waals surface area contributed by atoms with Gasteiger partial charge in [0.2, 0.25) is 5.95 Å². The van der Waals surface area contributed by atoms with Gasteiger partial charge in [0.15, 0.2) is 0 Å². The fraction of sp³-hybridized carbons (Fsp3) is 0.188. The lowest BCUT2D eigenvalue weighted by Gasteiger charge is -2.16. The molecule has 0 aliphatic heterocycles. The molecule has 0 amide bonds. The molecule has 0 fully saturated rings. The summed E-state index contributed by atoms with van der Waals surface area (Å²) in [5.41, 5.74) is 10.4. The number of fused-ring (bicyclic) bond motifs is 1. The van der Waals surface area contributed by atoms with Crippen LogP contribution in [0.3, 0.4) is 0 Å². The Morgan fingerprint density at radius 3 is 2.55 bits per heavy atom. The largest absolute Gasteiger partial charge is 0.369 e.